The lowest BCUT2D eigenvalue weighted by Crippen LogP contribution is -2.34. The average molecular weight is 231 g/mol. The third-order valence-electron chi connectivity index (χ3n) is 3.57. The monoisotopic (exact) mass is 231 g/mol. The maximum absolute atomic E-state index is 3.52. The minimum absolute atomic E-state index is 0.664. The van der Waals surface area contributed by atoms with Crippen molar-refractivity contribution in [1.29, 1.82) is 0 Å². The van der Waals surface area contributed by atoms with E-state index in [-0.39, 0.29) is 0 Å². The van der Waals surface area contributed by atoms with Crippen LogP contribution in [-0.4, -0.2) is 12.6 Å². The molecule has 2 atom stereocenters. The van der Waals surface area contributed by atoms with Gasteiger partial charge in [0, 0.05) is 10.7 Å². The van der Waals surface area contributed by atoms with Crippen LogP contribution < -0.4 is 5.32 Å². The molecule has 84 valence electrons. The van der Waals surface area contributed by atoms with Crippen molar-refractivity contribution < 1.29 is 0 Å². The van der Waals surface area contributed by atoms with Crippen molar-refractivity contribution in [2.75, 3.05) is 6.54 Å². The SMILES string of the molecule is CC1CC(c2ccc3sccc3c2)CCN1. The highest BCUT2D eigenvalue weighted by molar-refractivity contribution is 7.17. The van der Waals surface area contributed by atoms with E-state index in [2.05, 4.69) is 41.9 Å². The van der Waals surface area contributed by atoms with Crippen LogP contribution in [0.3, 0.4) is 0 Å². The molecule has 2 heteroatoms. The highest BCUT2D eigenvalue weighted by atomic mass is 32.1. The summed E-state index contributed by atoms with van der Waals surface area (Å²) in [6, 6.07) is 9.88. The van der Waals surface area contributed by atoms with Crippen molar-refractivity contribution in [2.24, 2.45) is 0 Å². The zero-order valence-corrected chi connectivity index (χ0v) is 10.4. The summed E-state index contributed by atoms with van der Waals surface area (Å²) in [5.41, 5.74) is 1.53. The summed E-state index contributed by atoms with van der Waals surface area (Å²) in [4.78, 5) is 0. The van der Waals surface area contributed by atoms with Crippen LogP contribution in [0.15, 0.2) is 29.6 Å². The van der Waals surface area contributed by atoms with E-state index in [1.807, 2.05) is 11.3 Å². The van der Waals surface area contributed by atoms with Gasteiger partial charge < -0.3 is 5.32 Å². The van der Waals surface area contributed by atoms with Gasteiger partial charge in [0.2, 0.25) is 0 Å². The summed E-state index contributed by atoms with van der Waals surface area (Å²) in [5, 5.41) is 7.11. The van der Waals surface area contributed by atoms with E-state index in [4.69, 9.17) is 0 Å². The van der Waals surface area contributed by atoms with Crippen LogP contribution in [0.1, 0.15) is 31.2 Å². The van der Waals surface area contributed by atoms with Crippen molar-refractivity contribution in [3.8, 4) is 0 Å². The molecule has 0 aliphatic carbocycles. The van der Waals surface area contributed by atoms with Gasteiger partial charge in [-0.2, -0.15) is 0 Å². The van der Waals surface area contributed by atoms with Crippen molar-refractivity contribution in [2.45, 2.75) is 31.7 Å². The van der Waals surface area contributed by atoms with Gasteiger partial charge in [-0.15, -0.1) is 11.3 Å². The predicted molar refractivity (Wildman–Crippen MR) is 71.3 cm³/mol. The molecule has 1 nitrogen and oxygen atoms in total. The van der Waals surface area contributed by atoms with Crippen LogP contribution >= 0.6 is 11.3 Å². The number of hydrogen-bond donors (Lipinski definition) is 1. The molecule has 1 aliphatic heterocycles. The van der Waals surface area contributed by atoms with E-state index in [0.29, 0.717) is 6.04 Å². The van der Waals surface area contributed by atoms with Crippen LogP contribution in [0.2, 0.25) is 0 Å². The Bertz CT molecular complexity index is 488. The van der Waals surface area contributed by atoms with E-state index in [1.165, 1.54) is 28.5 Å². The Labute approximate surface area is 100 Å². The minimum atomic E-state index is 0.664. The second kappa shape index (κ2) is 4.19. The highest BCUT2D eigenvalue weighted by Crippen LogP contribution is 2.31. The third-order valence-corrected chi connectivity index (χ3v) is 4.47. The van der Waals surface area contributed by atoms with Gasteiger partial charge in [0.25, 0.3) is 0 Å². The molecule has 2 unspecified atom stereocenters. The van der Waals surface area contributed by atoms with Gasteiger partial charge in [0.1, 0.15) is 0 Å². The first-order chi connectivity index (χ1) is 7.83. The van der Waals surface area contributed by atoms with Gasteiger partial charge in [-0.3, -0.25) is 0 Å². The molecule has 2 heterocycles. The lowest BCUT2D eigenvalue weighted by Gasteiger charge is -2.28. The highest BCUT2D eigenvalue weighted by Gasteiger charge is 2.19. The fourth-order valence-electron chi connectivity index (χ4n) is 2.67. The molecule has 0 amide bonds. The second-order valence-electron chi connectivity index (χ2n) is 4.79. The van der Waals surface area contributed by atoms with Crippen LogP contribution in [0.25, 0.3) is 10.1 Å². The number of thiophene rings is 1. The fourth-order valence-corrected chi connectivity index (χ4v) is 3.44. The van der Waals surface area contributed by atoms with Crippen molar-refractivity contribution in [1.82, 2.24) is 5.32 Å². The van der Waals surface area contributed by atoms with Gasteiger partial charge in [0.15, 0.2) is 0 Å². The first-order valence-electron chi connectivity index (χ1n) is 6.03. The molecule has 16 heavy (non-hydrogen) atoms. The molecule has 1 fully saturated rings. The summed E-state index contributed by atoms with van der Waals surface area (Å²) < 4.78 is 1.41. The Morgan fingerprint density at radius 2 is 2.25 bits per heavy atom. The molecular formula is C14H17NS. The largest absolute Gasteiger partial charge is 0.314 e. The van der Waals surface area contributed by atoms with Crippen LogP contribution in [0.5, 0.6) is 0 Å². The predicted octanol–water partition coefficient (Wildman–Crippen LogP) is 3.76. The van der Waals surface area contributed by atoms with Gasteiger partial charge in [-0.25, -0.2) is 0 Å². The van der Waals surface area contributed by atoms with Crippen LogP contribution in [0, 0.1) is 0 Å². The summed E-state index contributed by atoms with van der Waals surface area (Å²) in [6.45, 7) is 3.45. The maximum Gasteiger partial charge on any atom is 0.0342 e. The number of nitrogens with one attached hydrogen (secondary N) is 1. The standard InChI is InChI=1S/C14H17NS/c1-10-8-12(4-6-15-10)11-2-3-14-13(9-11)5-7-16-14/h2-3,5,7,9-10,12,15H,4,6,8H2,1H3. The van der Waals surface area contributed by atoms with E-state index in [0.717, 1.165) is 12.5 Å². The number of benzene rings is 1. The molecule has 0 spiro atoms. The van der Waals surface area contributed by atoms with Crippen molar-refractivity contribution >= 4 is 21.4 Å². The molecule has 0 bridgehead atoms. The summed E-state index contributed by atoms with van der Waals surface area (Å²) in [6.07, 6.45) is 2.55. The Hall–Kier alpha value is -0.860. The molecule has 1 aromatic carbocycles. The Morgan fingerprint density at radius 1 is 1.31 bits per heavy atom. The molecule has 3 rings (SSSR count). The number of rotatable bonds is 1. The lowest BCUT2D eigenvalue weighted by atomic mass is 9.86. The molecule has 1 aromatic heterocycles. The Balaban J connectivity index is 1.92. The average Bonchev–Trinajstić information content (AvgIpc) is 2.75. The van der Waals surface area contributed by atoms with Gasteiger partial charge >= 0.3 is 0 Å². The second-order valence-corrected chi connectivity index (χ2v) is 5.74. The van der Waals surface area contributed by atoms with Crippen LogP contribution in [0.4, 0.5) is 0 Å². The Morgan fingerprint density at radius 3 is 3.12 bits per heavy atom. The normalized spacial score (nSPS) is 26.1. The Kier molecular flexibility index (Phi) is 2.70. The molecule has 0 saturated carbocycles. The first kappa shape index (κ1) is 10.3. The zero-order chi connectivity index (χ0) is 11.0. The zero-order valence-electron chi connectivity index (χ0n) is 9.57. The van der Waals surface area contributed by atoms with Crippen LogP contribution in [-0.2, 0) is 0 Å². The molecular weight excluding hydrogens is 214 g/mol. The molecule has 1 saturated heterocycles. The molecule has 2 aromatic rings. The third kappa shape index (κ3) is 1.87. The molecule has 1 aliphatic rings. The number of fused-ring (bicyclic) bond motifs is 1. The first-order valence-corrected chi connectivity index (χ1v) is 6.91. The molecule has 0 radical (unpaired) electrons. The lowest BCUT2D eigenvalue weighted by molar-refractivity contribution is 0.381. The van der Waals surface area contributed by atoms with Gasteiger partial charge in [-0.05, 0) is 60.7 Å². The fraction of sp³-hybridized carbons (Fsp3) is 0.429. The minimum Gasteiger partial charge on any atom is -0.314 e. The number of piperidine rings is 1. The smallest absolute Gasteiger partial charge is 0.0342 e. The molecule has 1 N–H and O–H groups in total. The summed E-state index contributed by atoms with van der Waals surface area (Å²) >= 11 is 1.83. The number of hydrogen-bond acceptors (Lipinski definition) is 2. The maximum atomic E-state index is 3.52. The topological polar surface area (TPSA) is 12.0 Å². The van der Waals surface area contributed by atoms with Crippen molar-refractivity contribution in [3.05, 3.63) is 35.2 Å². The van der Waals surface area contributed by atoms with E-state index in [1.54, 1.807) is 0 Å². The van der Waals surface area contributed by atoms with E-state index >= 15 is 0 Å². The van der Waals surface area contributed by atoms with E-state index in [9.17, 15) is 0 Å². The summed E-state index contributed by atoms with van der Waals surface area (Å²) in [5.74, 6) is 0.751. The van der Waals surface area contributed by atoms with Crippen molar-refractivity contribution in [3.63, 3.8) is 0 Å². The van der Waals surface area contributed by atoms with Gasteiger partial charge in [-0.1, -0.05) is 12.1 Å². The van der Waals surface area contributed by atoms with Gasteiger partial charge in [0.05, 0.1) is 0 Å². The summed E-state index contributed by atoms with van der Waals surface area (Å²) in [7, 11) is 0. The van der Waals surface area contributed by atoms with E-state index < -0.39 is 0 Å². The quantitative estimate of drug-likeness (QED) is 0.788.